The van der Waals surface area contributed by atoms with Crippen molar-refractivity contribution >= 4 is 21.7 Å². The number of ether oxygens (including phenoxy) is 2. The van der Waals surface area contributed by atoms with Gasteiger partial charge in [-0.05, 0) is 30.3 Å². The molecule has 1 N–H and O–H groups in total. The van der Waals surface area contributed by atoms with Crippen LogP contribution < -0.4 is 24.9 Å². The van der Waals surface area contributed by atoms with Crippen LogP contribution in [0.15, 0.2) is 51.3 Å². The molecule has 0 spiro atoms. The van der Waals surface area contributed by atoms with Crippen LogP contribution in [-0.4, -0.2) is 28.7 Å². The number of anilines is 1. The van der Waals surface area contributed by atoms with E-state index < -0.39 is 16.1 Å². The van der Waals surface area contributed by atoms with Gasteiger partial charge in [-0.3, -0.25) is 4.72 Å². The molecule has 8 nitrogen and oxygen atoms in total. The Morgan fingerprint density at radius 3 is 2.42 bits per heavy atom. The van der Waals surface area contributed by atoms with Crippen LogP contribution in [0, 0.1) is 0 Å². The highest BCUT2D eigenvalue weighted by Crippen LogP contribution is 2.29. The largest absolute Gasteiger partial charge is 0.497 e. The number of carbonyl (C=O) groups excluding carboxylic acids is 1. The van der Waals surface area contributed by atoms with Crippen molar-refractivity contribution in [3.63, 3.8) is 0 Å². The second kappa shape index (κ2) is 5.93. The van der Waals surface area contributed by atoms with Gasteiger partial charge in [0.15, 0.2) is 0 Å². The Bertz CT molecular complexity index is 1050. The molecule has 3 rings (SSSR count). The van der Waals surface area contributed by atoms with Gasteiger partial charge in [-0.15, -0.1) is 0 Å². The van der Waals surface area contributed by atoms with E-state index >= 15 is 0 Å². The van der Waals surface area contributed by atoms with Crippen LogP contribution in [0.4, 0.5) is 10.5 Å². The molecule has 0 aliphatic carbocycles. The zero-order valence-electron chi connectivity index (χ0n) is 12.8. The highest BCUT2D eigenvalue weighted by Gasteiger charge is 2.21. The molecule has 1 heterocycles. The maximum atomic E-state index is 12.6. The first-order valence-corrected chi connectivity index (χ1v) is 8.27. The number of urea groups is 1. The molecule has 0 unspecified atom stereocenters. The van der Waals surface area contributed by atoms with E-state index in [0.717, 1.165) is 0 Å². The lowest BCUT2D eigenvalue weighted by molar-refractivity contribution is 0.256. The summed E-state index contributed by atoms with van der Waals surface area (Å²) in [5, 5.41) is 0.722. The molecule has 24 heavy (non-hydrogen) atoms. The first-order valence-electron chi connectivity index (χ1n) is 6.79. The highest BCUT2D eigenvalue weighted by atomic mass is 32.2. The Labute approximate surface area is 137 Å². The van der Waals surface area contributed by atoms with E-state index in [1.54, 1.807) is 6.07 Å². The van der Waals surface area contributed by atoms with Gasteiger partial charge in [0, 0.05) is 6.07 Å². The number of benzene rings is 2. The van der Waals surface area contributed by atoms with Gasteiger partial charge in [0.1, 0.15) is 16.4 Å². The van der Waals surface area contributed by atoms with Crippen LogP contribution in [0.1, 0.15) is 0 Å². The summed E-state index contributed by atoms with van der Waals surface area (Å²) in [5.41, 5.74) is 0.257. The fourth-order valence-corrected chi connectivity index (χ4v) is 3.44. The van der Waals surface area contributed by atoms with Gasteiger partial charge in [0.05, 0.1) is 30.6 Å². The van der Waals surface area contributed by atoms with Crippen molar-refractivity contribution < 1.29 is 22.7 Å². The first kappa shape index (κ1) is 15.9. The van der Waals surface area contributed by atoms with Crippen molar-refractivity contribution in [3.8, 4) is 11.5 Å². The zero-order chi connectivity index (χ0) is 17.3. The summed E-state index contributed by atoms with van der Waals surface area (Å²) in [6, 6.07) is 8.30. The van der Waals surface area contributed by atoms with Gasteiger partial charge in [0.2, 0.25) is 0 Å². The van der Waals surface area contributed by atoms with Crippen molar-refractivity contribution in [1.82, 2.24) is 0 Å². The Kier molecular flexibility index (Phi) is 3.94. The minimum Gasteiger partial charge on any atom is -0.497 e. The molecule has 9 heteroatoms. The summed E-state index contributed by atoms with van der Waals surface area (Å²) in [4.78, 5) is 18.5. The molecule has 1 aliphatic rings. The lowest BCUT2D eigenvalue weighted by atomic mass is 10.3. The fourth-order valence-electron chi connectivity index (χ4n) is 2.21. The summed E-state index contributed by atoms with van der Waals surface area (Å²) < 4.78 is 37.9. The van der Waals surface area contributed by atoms with E-state index in [1.807, 2.05) is 0 Å². The average molecular weight is 347 g/mol. The molecule has 0 saturated carbocycles. The molecule has 0 saturated heterocycles. The van der Waals surface area contributed by atoms with E-state index in [1.165, 1.54) is 44.6 Å². The topological polar surface area (TPSA) is 106 Å². The Morgan fingerprint density at radius 1 is 0.958 bits per heavy atom. The van der Waals surface area contributed by atoms with Crippen LogP contribution in [0.3, 0.4) is 0 Å². The highest BCUT2D eigenvalue weighted by molar-refractivity contribution is 7.92. The molecule has 0 aromatic heterocycles. The van der Waals surface area contributed by atoms with E-state index in [0.29, 0.717) is 16.5 Å². The monoisotopic (exact) mass is 347 g/mol. The maximum Gasteiger partial charge on any atom is 0.368 e. The summed E-state index contributed by atoms with van der Waals surface area (Å²) in [7, 11) is -1.12. The molecule has 0 fully saturated rings. The van der Waals surface area contributed by atoms with E-state index in [9.17, 15) is 13.2 Å². The summed E-state index contributed by atoms with van der Waals surface area (Å²) in [6.07, 6.45) is 0. The fraction of sp³-hybridized carbons (Fsp3) is 0.133. The number of rotatable bonds is 5. The van der Waals surface area contributed by atoms with Gasteiger partial charge in [-0.2, -0.15) is 9.98 Å². The van der Waals surface area contributed by atoms with E-state index in [2.05, 4.69) is 14.7 Å². The van der Waals surface area contributed by atoms with Crippen LogP contribution in [-0.2, 0) is 10.0 Å². The first-order chi connectivity index (χ1) is 11.4. The number of nitrogens with one attached hydrogen (secondary N) is 1. The SMILES string of the molecule is COc1ccc(OC)c(S(=O)(=O)Nc2ccc3c(c2)=NC(=O)N=3)c1. The molecule has 0 radical (unpaired) electrons. The third kappa shape index (κ3) is 2.93. The minimum atomic E-state index is -3.93. The molecule has 0 atom stereocenters. The number of hydrogen-bond donors (Lipinski definition) is 1. The molecule has 2 aromatic rings. The Hall–Kier alpha value is -2.94. The maximum absolute atomic E-state index is 12.6. The van der Waals surface area contributed by atoms with Gasteiger partial charge >= 0.3 is 6.03 Å². The number of amides is 2. The van der Waals surface area contributed by atoms with Crippen molar-refractivity contribution in [1.29, 1.82) is 0 Å². The predicted molar refractivity (Wildman–Crippen MR) is 84.5 cm³/mol. The third-order valence-corrected chi connectivity index (χ3v) is 4.72. The number of hydrogen-bond acceptors (Lipinski definition) is 5. The van der Waals surface area contributed by atoms with Crippen LogP contribution in [0.2, 0.25) is 0 Å². The number of fused-ring (bicyclic) bond motifs is 1. The van der Waals surface area contributed by atoms with Crippen molar-refractivity contribution in [2.24, 2.45) is 9.98 Å². The van der Waals surface area contributed by atoms with Gasteiger partial charge < -0.3 is 9.47 Å². The van der Waals surface area contributed by atoms with Crippen molar-refractivity contribution in [3.05, 3.63) is 47.1 Å². The van der Waals surface area contributed by atoms with Gasteiger partial charge in [0.25, 0.3) is 10.0 Å². The number of nitrogens with zero attached hydrogens (tertiary/aromatic N) is 2. The molecule has 0 bridgehead atoms. The Balaban J connectivity index is 2.02. The van der Waals surface area contributed by atoms with Crippen LogP contribution in [0.5, 0.6) is 11.5 Å². The minimum absolute atomic E-state index is 0.0671. The second-order valence-electron chi connectivity index (χ2n) is 4.83. The third-order valence-electron chi connectivity index (χ3n) is 3.32. The second-order valence-corrected chi connectivity index (χ2v) is 6.48. The number of sulfonamides is 1. The summed E-state index contributed by atoms with van der Waals surface area (Å²) in [6.45, 7) is 0. The quantitative estimate of drug-likeness (QED) is 0.864. The molecular weight excluding hydrogens is 334 g/mol. The van der Waals surface area contributed by atoms with Crippen LogP contribution >= 0.6 is 0 Å². The molecule has 1 aliphatic heterocycles. The summed E-state index contributed by atoms with van der Waals surface area (Å²) >= 11 is 0. The lowest BCUT2D eigenvalue weighted by Gasteiger charge is -2.12. The van der Waals surface area contributed by atoms with E-state index in [4.69, 9.17) is 9.47 Å². The predicted octanol–water partition coefficient (Wildman–Crippen LogP) is 0.877. The average Bonchev–Trinajstić information content (AvgIpc) is 2.93. The van der Waals surface area contributed by atoms with Gasteiger partial charge in [-0.1, -0.05) is 0 Å². The molecule has 2 amide bonds. The van der Waals surface area contributed by atoms with Gasteiger partial charge in [-0.25, -0.2) is 13.2 Å². The van der Waals surface area contributed by atoms with E-state index in [-0.39, 0.29) is 16.3 Å². The molecular formula is C15H13N3O5S. The molecule has 124 valence electrons. The normalized spacial score (nSPS) is 12.8. The molecule has 2 aromatic carbocycles. The summed E-state index contributed by atoms with van der Waals surface area (Å²) in [5.74, 6) is 0.559. The smallest absolute Gasteiger partial charge is 0.368 e. The lowest BCUT2D eigenvalue weighted by Crippen LogP contribution is -2.23. The van der Waals surface area contributed by atoms with Crippen molar-refractivity contribution in [2.45, 2.75) is 4.90 Å². The number of methoxy groups -OCH3 is 2. The zero-order valence-corrected chi connectivity index (χ0v) is 13.6. The van der Waals surface area contributed by atoms with Crippen molar-refractivity contribution in [2.75, 3.05) is 18.9 Å². The Morgan fingerprint density at radius 2 is 1.71 bits per heavy atom. The standard InChI is InChI=1S/C15H13N3O5S/c1-22-10-4-6-13(23-2)14(8-10)24(20,21)18-9-3-5-11-12(7-9)17-15(19)16-11/h3-8,18H,1-2H3. The number of carbonyl (C=O) groups is 1. The van der Waals surface area contributed by atoms with Crippen LogP contribution in [0.25, 0.3) is 0 Å².